The van der Waals surface area contributed by atoms with Gasteiger partial charge in [-0.2, -0.15) is 0 Å². The van der Waals surface area contributed by atoms with Crippen molar-refractivity contribution in [2.45, 2.75) is 52.5 Å². The maximum Gasteiger partial charge on any atom is 0.176 e. The molecule has 0 amide bonds. The predicted molar refractivity (Wildman–Crippen MR) is 79.7 cm³/mol. The average molecular weight is 259 g/mol. The highest BCUT2D eigenvalue weighted by atomic mass is 16.1. The molecule has 1 aromatic carbocycles. The SMILES string of the molecule is CCN(CC(=O)c1ccc(C)c(C)c1)C1CCCC1. The van der Waals surface area contributed by atoms with Crippen molar-refractivity contribution >= 4 is 5.78 Å². The summed E-state index contributed by atoms with van der Waals surface area (Å²) < 4.78 is 0. The summed E-state index contributed by atoms with van der Waals surface area (Å²) in [6.45, 7) is 7.86. The van der Waals surface area contributed by atoms with E-state index in [1.807, 2.05) is 12.1 Å². The number of likely N-dealkylation sites (N-methyl/N-ethyl adjacent to an activating group) is 1. The van der Waals surface area contributed by atoms with E-state index < -0.39 is 0 Å². The number of ketones is 1. The van der Waals surface area contributed by atoms with Crippen molar-refractivity contribution in [3.8, 4) is 0 Å². The third-order valence-electron chi connectivity index (χ3n) is 4.42. The van der Waals surface area contributed by atoms with Crippen molar-refractivity contribution in [1.29, 1.82) is 0 Å². The van der Waals surface area contributed by atoms with Crippen LogP contribution >= 0.6 is 0 Å². The molecule has 1 aliphatic rings. The summed E-state index contributed by atoms with van der Waals surface area (Å²) in [4.78, 5) is 14.7. The van der Waals surface area contributed by atoms with Crippen molar-refractivity contribution in [2.24, 2.45) is 0 Å². The molecule has 104 valence electrons. The fraction of sp³-hybridized carbons (Fsp3) is 0.588. The van der Waals surface area contributed by atoms with Crippen molar-refractivity contribution < 1.29 is 4.79 Å². The van der Waals surface area contributed by atoms with Crippen LogP contribution in [0.25, 0.3) is 0 Å². The number of hydrogen-bond donors (Lipinski definition) is 0. The Morgan fingerprint density at radius 1 is 1.21 bits per heavy atom. The van der Waals surface area contributed by atoms with Gasteiger partial charge in [-0.1, -0.05) is 31.9 Å². The zero-order chi connectivity index (χ0) is 13.8. The Morgan fingerprint density at radius 3 is 2.47 bits per heavy atom. The summed E-state index contributed by atoms with van der Waals surface area (Å²) in [6, 6.07) is 6.67. The number of benzene rings is 1. The molecule has 0 aliphatic heterocycles. The van der Waals surface area contributed by atoms with E-state index in [9.17, 15) is 4.79 Å². The van der Waals surface area contributed by atoms with Gasteiger partial charge in [0.2, 0.25) is 0 Å². The first-order chi connectivity index (χ1) is 9.11. The van der Waals surface area contributed by atoms with Gasteiger partial charge in [0.25, 0.3) is 0 Å². The summed E-state index contributed by atoms with van der Waals surface area (Å²) >= 11 is 0. The molecule has 0 saturated heterocycles. The molecule has 0 heterocycles. The smallest absolute Gasteiger partial charge is 0.176 e. The second-order valence-electron chi connectivity index (χ2n) is 5.72. The molecule has 19 heavy (non-hydrogen) atoms. The number of aryl methyl sites for hydroxylation is 2. The molecule has 2 heteroatoms. The molecule has 0 aromatic heterocycles. The molecule has 0 spiro atoms. The normalized spacial score (nSPS) is 16.2. The molecule has 0 unspecified atom stereocenters. The van der Waals surface area contributed by atoms with Gasteiger partial charge in [0, 0.05) is 11.6 Å². The van der Waals surface area contributed by atoms with Gasteiger partial charge < -0.3 is 0 Å². The molecule has 0 N–H and O–H groups in total. The number of carbonyl (C=O) groups is 1. The monoisotopic (exact) mass is 259 g/mol. The number of carbonyl (C=O) groups excluding carboxylic acids is 1. The molecule has 1 aromatic rings. The zero-order valence-corrected chi connectivity index (χ0v) is 12.4. The summed E-state index contributed by atoms with van der Waals surface area (Å²) in [6.07, 6.45) is 5.15. The average Bonchev–Trinajstić information content (AvgIpc) is 2.92. The number of Topliss-reactive ketones (excluding diaryl/α,β-unsaturated/α-hetero) is 1. The minimum Gasteiger partial charge on any atom is -0.293 e. The lowest BCUT2D eigenvalue weighted by Crippen LogP contribution is -2.37. The quantitative estimate of drug-likeness (QED) is 0.751. The number of nitrogens with zero attached hydrogens (tertiary/aromatic N) is 1. The Bertz CT molecular complexity index is 447. The van der Waals surface area contributed by atoms with Gasteiger partial charge in [-0.05, 0) is 50.4 Å². The van der Waals surface area contributed by atoms with Gasteiger partial charge in [0.05, 0.1) is 6.54 Å². The molecule has 2 nitrogen and oxygen atoms in total. The van der Waals surface area contributed by atoms with Gasteiger partial charge in [0.15, 0.2) is 5.78 Å². The van der Waals surface area contributed by atoms with E-state index in [-0.39, 0.29) is 5.78 Å². The minimum atomic E-state index is 0.261. The van der Waals surface area contributed by atoms with Crippen LogP contribution in [0.15, 0.2) is 18.2 Å². The maximum absolute atomic E-state index is 12.4. The molecule has 1 aliphatic carbocycles. The molecule has 0 bridgehead atoms. The zero-order valence-electron chi connectivity index (χ0n) is 12.4. The van der Waals surface area contributed by atoms with Crippen molar-refractivity contribution in [3.05, 3.63) is 34.9 Å². The van der Waals surface area contributed by atoms with Gasteiger partial charge in [-0.15, -0.1) is 0 Å². The predicted octanol–water partition coefficient (Wildman–Crippen LogP) is 3.75. The van der Waals surface area contributed by atoms with E-state index >= 15 is 0 Å². The fourth-order valence-electron chi connectivity index (χ4n) is 2.96. The second-order valence-corrected chi connectivity index (χ2v) is 5.72. The van der Waals surface area contributed by atoms with Crippen molar-refractivity contribution in [2.75, 3.05) is 13.1 Å². The van der Waals surface area contributed by atoms with Gasteiger partial charge in [-0.25, -0.2) is 0 Å². The largest absolute Gasteiger partial charge is 0.293 e. The van der Waals surface area contributed by atoms with E-state index in [0.717, 1.165) is 12.1 Å². The molecule has 2 rings (SSSR count). The van der Waals surface area contributed by atoms with Crippen LogP contribution in [0.4, 0.5) is 0 Å². The van der Waals surface area contributed by atoms with E-state index in [1.165, 1.54) is 36.8 Å². The van der Waals surface area contributed by atoms with Crippen LogP contribution in [0.3, 0.4) is 0 Å². The molecule has 1 fully saturated rings. The first-order valence-electron chi connectivity index (χ1n) is 7.46. The van der Waals surface area contributed by atoms with Crippen LogP contribution in [0, 0.1) is 13.8 Å². The molecule has 1 saturated carbocycles. The Morgan fingerprint density at radius 2 is 1.89 bits per heavy atom. The third-order valence-corrected chi connectivity index (χ3v) is 4.42. The van der Waals surface area contributed by atoms with Gasteiger partial charge >= 0.3 is 0 Å². The lowest BCUT2D eigenvalue weighted by atomic mass is 10.0. The Kier molecular flexibility index (Phi) is 4.76. The third kappa shape index (κ3) is 3.44. The Labute approximate surface area is 116 Å². The highest BCUT2D eigenvalue weighted by Gasteiger charge is 2.23. The van der Waals surface area contributed by atoms with Crippen LogP contribution in [0.1, 0.15) is 54.1 Å². The topological polar surface area (TPSA) is 20.3 Å². The lowest BCUT2D eigenvalue weighted by Gasteiger charge is -2.26. The number of hydrogen-bond acceptors (Lipinski definition) is 2. The van der Waals surface area contributed by atoms with Gasteiger partial charge in [0.1, 0.15) is 0 Å². The van der Waals surface area contributed by atoms with Crippen LogP contribution in [-0.4, -0.2) is 29.8 Å². The Hall–Kier alpha value is -1.15. The van der Waals surface area contributed by atoms with Crippen molar-refractivity contribution in [3.63, 3.8) is 0 Å². The first-order valence-corrected chi connectivity index (χ1v) is 7.46. The fourth-order valence-corrected chi connectivity index (χ4v) is 2.96. The Balaban J connectivity index is 2.04. The van der Waals surface area contributed by atoms with Crippen LogP contribution in [-0.2, 0) is 0 Å². The summed E-state index contributed by atoms with van der Waals surface area (Å²) in [5.41, 5.74) is 3.31. The lowest BCUT2D eigenvalue weighted by molar-refractivity contribution is 0.0899. The summed E-state index contributed by atoms with van der Waals surface area (Å²) in [5, 5.41) is 0. The first kappa shape index (κ1) is 14.3. The standard InChI is InChI=1S/C17H25NO/c1-4-18(16-7-5-6-8-16)12-17(19)15-10-9-13(2)14(3)11-15/h9-11,16H,4-8,12H2,1-3H3. The number of rotatable bonds is 5. The van der Waals surface area contributed by atoms with Crippen molar-refractivity contribution in [1.82, 2.24) is 4.90 Å². The van der Waals surface area contributed by atoms with Gasteiger partial charge in [-0.3, -0.25) is 9.69 Å². The molecule has 0 atom stereocenters. The minimum absolute atomic E-state index is 0.261. The second kappa shape index (κ2) is 6.33. The highest BCUT2D eigenvalue weighted by Crippen LogP contribution is 2.23. The summed E-state index contributed by atoms with van der Waals surface area (Å²) in [5.74, 6) is 0.261. The van der Waals surface area contributed by atoms with E-state index in [0.29, 0.717) is 12.6 Å². The highest BCUT2D eigenvalue weighted by molar-refractivity contribution is 5.97. The molecular formula is C17H25NO. The maximum atomic E-state index is 12.4. The van der Waals surface area contributed by atoms with E-state index in [4.69, 9.17) is 0 Å². The van der Waals surface area contributed by atoms with E-state index in [2.05, 4.69) is 31.7 Å². The van der Waals surface area contributed by atoms with E-state index in [1.54, 1.807) is 0 Å². The molecular weight excluding hydrogens is 234 g/mol. The molecule has 0 radical (unpaired) electrons. The van der Waals surface area contributed by atoms with Crippen LogP contribution in [0.2, 0.25) is 0 Å². The summed E-state index contributed by atoms with van der Waals surface area (Å²) in [7, 11) is 0. The van der Waals surface area contributed by atoms with Crippen LogP contribution < -0.4 is 0 Å². The van der Waals surface area contributed by atoms with Crippen LogP contribution in [0.5, 0.6) is 0 Å².